The molecule has 0 spiro atoms. The second kappa shape index (κ2) is 6.80. The Labute approximate surface area is 141 Å². The van der Waals surface area contributed by atoms with E-state index < -0.39 is 11.7 Å². The summed E-state index contributed by atoms with van der Waals surface area (Å²) in [4.78, 5) is 4.24. The summed E-state index contributed by atoms with van der Waals surface area (Å²) in [5.74, 6) is 0.665. The van der Waals surface area contributed by atoms with Crippen molar-refractivity contribution in [2.45, 2.75) is 37.9 Å². The van der Waals surface area contributed by atoms with Crippen molar-refractivity contribution in [3.05, 3.63) is 35.0 Å². The number of aromatic nitrogens is 3. The van der Waals surface area contributed by atoms with Crippen molar-refractivity contribution in [1.29, 1.82) is 0 Å². The molecule has 3 rings (SSSR count). The van der Waals surface area contributed by atoms with Gasteiger partial charge in [-0.15, -0.1) is 5.10 Å². The molecule has 1 aliphatic rings. The number of nitrogens with zero attached hydrogens (tertiary/aromatic N) is 3. The lowest BCUT2D eigenvalue weighted by atomic mass is 10.2. The predicted octanol–water partition coefficient (Wildman–Crippen LogP) is 4.64. The highest BCUT2D eigenvalue weighted by Gasteiger charge is 2.33. The average molecular weight is 358 g/mol. The summed E-state index contributed by atoms with van der Waals surface area (Å²) in [5.41, 5.74) is -0.681. The van der Waals surface area contributed by atoms with E-state index in [2.05, 4.69) is 25.8 Å². The number of rotatable bonds is 4. The molecular formula is C15H15ClF3N5. The average Bonchev–Trinajstić information content (AvgIpc) is 3.01. The third kappa shape index (κ3) is 4.05. The van der Waals surface area contributed by atoms with Gasteiger partial charge in [-0.1, -0.05) is 24.4 Å². The molecule has 0 aliphatic heterocycles. The summed E-state index contributed by atoms with van der Waals surface area (Å²) in [5, 5.41) is 13.4. The van der Waals surface area contributed by atoms with Gasteiger partial charge >= 0.3 is 6.18 Å². The maximum Gasteiger partial charge on any atom is 0.417 e. The van der Waals surface area contributed by atoms with E-state index >= 15 is 0 Å². The Morgan fingerprint density at radius 3 is 2.62 bits per heavy atom. The Morgan fingerprint density at radius 1 is 1.17 bits per heavy atom. The van der Waals surface area contributed by atoms with E-state index in [1.54, 1.807) is 0 Å². The molecule has 0 saturated heterocycles. The van der Waals surface area contributed by atoms with Crippen molar-refractivity contribution in [1.82, 2.24) is 15.2 Å². The van der Waals surface area contributed by atoms with Gasteiger partial charge in [-0.3, -0.25) is 0 Å². The van der Waals surface area contributed by atoms with Crippen molar-refractivity contribution >= 4 is 29.1 Å². The van der Waals surface area contributed by atoms with Crippen LogP contribution in [-0.2, 0) is 6.18 Å². The Hall–Kier alpha value is -2.09. The number of hydrogen-bond donors (Lipinski definition) is 2. The van der Waals surface area contributed by atoms with Gasteiger partial charge in [0.2, 0.25) is 5.95 Å². The van der Waals surface area contributed by atoms with E-state index in [0.717, 1.165) is 31.7 Å². The quantitative estimate of drug-likeness (QED) is 0.834. The molecule has 2 N–H and O–H groups in total. The monoisotopic (exact) mass is 357 g/mol. The molecule has 1 aromatic carbocycles. The first-order valence-corrected chi connectivity index (χ1v) is 7.89. The molecular weight excluding hydrogens is 343 g/mol. The third-order valence-electron chi connectivity index (χ3n) is 3.79. The summed E-state index contributed by atoms with van der Waals surface area (Å²) in [6.07, 6.45) is 1.25. The summed E-state index contributed by atoms with van der Waals surface area (Å²) in [6.45, 7) is 0. The minimum Gasteiger partial charge on any atom is -0.350 e. The SMILES string of the molecule is FC(F)(F)c1cc(Nc2cnnc(NC3CCCC3)n2)ccc1Cl. The molecule has 1 saturated carbocycles. The van der Waals surface area contributed by atoms with E-state index in [-0.39, 0.29) is 10.7 Å². The van der Waals surface area contributed by atoms with Crippen molar-refractivity contribution in [3.63, 3.8) is 0 Å². The molecule has 5 nitrogen and oxygen atoms in total. The maximum atomic E-state index is 12.9. The fraction of sp³-hybridized carbons (Fsp3) is 0.400. The van der Waals surface area contributed by atoms with Crippen molar-refractivity contribution in [2.24, 2.45) is 0 Å². The number of nitrogens with one attached hydrogen (secondary N) is 2. The number of alkyl halides is 3. The van der Waals surface area contributed by atoms with Crippen LogP contribution in [0.15, 0.2) is 24.4 Å². The van der Waals surface area contributed by atoms with Crippen LogP contribution < -0.4 is 10.6 Å². The van der Waals surface area contributed by atoms with Crippen LogP contribution in [0.1, 0.15) is 31.2 Å². The van der Waals surface area contributed by atoms with E-state index in [9.17, 15) is 13.2 Å². The largest absolute Gasteiger partial charge is 0.417 e. The molecule has 0 unspecified atom stereocenters. The Bertz CT molecular complexity index is 716. The first-order chi connectivity index (χ1) is 11.4. The Kier molecular flexibility index (Phi) is 4.75. The molecule has 0 atom stereocenters. The molecule has 0 bridgehead atoms. The second-order valence-corrected chi connectivity index (χ2v) is 6.02. The van der Waals surface area contributed by atoms with E-state index in [4.69, 9.17) is 11.6 Å². The third-order valence-corrected chi connectivity index (χ3v) is 4.12. The molecule has 1 fully saturated rings. The van der Waals surface area contributed by atoms with Gasteiger partial charge in [-0.05, 0) is 31.0 Å². The fourth-order valence-electron chi connectivity index (χ4n) is 2.65. The first kappa shape index (κ1) is 16.8. The van der Waals surface area contributed by atoms with Crippen LogP contribution in [0, 0.1) is 0 Å². The van der Waals surface area contributed by atoms with Crippen LogP contribution in [0.5, 0.6) is 0 Å². The maximum absolute atomic E-state index is 12.9. The number of benzene rings is 1. The minimum atomic E-state index is -4.52. The van der Waals surface area contributed by atoms with Gasteiger partial charge in [0, 0.05) is 11.7 Å². The molecule has 1 heterocycles. The van der Waals surface area contributed by atoms with Crippen LogP contribution in [-0.4, -0.2) is 21.2 Å². The van der Waals surface area contributed by atoms with Gasteiger partial charge in [-0.2, -0.15) is 23.3 Å². The van der Waals surface area contributed by atoms with Crippen LogP contribution in [0.2, 0.25) is 5.02 Å². The van der Waals surface area contributed by atoms with Crippen LogP contribution in [0.4, 0.5) is 30.6 Å². The van der Waals surface area contributed by atoms with Crippen molar-refractivity contribution in [3.8, 4) is 0 Å². The normalized spacial score (nSPS) is 15.5. The predicted molar refractivity (Wildman–Crippen MR) is 85.4 cm³/mol. The topological polar surface area (TPSA) is 62.7 Å². The molecule has 24 heavy (non-hydrogen) atoms. The second-order valence-electron chi connectivity index (χ2n) is 5.61. The minimum absolute atomic E-state index is 0.221. The van der Waals surface area contributed by atoms with Gasteiger partial charge in [-0.25, -0.2) is 0 Å². The number of halogens is 4. The molecule has 9 heteroatoms. The number of anilines is 3. The Balaban J connectivity index is 1.76. The van der Waals surface area contributed by atoms with Gasteiger partial charge in [0.05, 0.1) is 16.8 Å². The Morgan fingerprint density at radius 2 is 1.92 bits per heavy atom. The van der Waals surface area contributed by atoms with E-state index in [0.29, 0.717) is 17.8 Å². The summed E-state index contributed by atoms with van der Waals surface area (Å²) < 4.78 is 38.7. The molecule has 0 radical (unpaired) electrons. The fourth-order valence-corrected chi connectivity index (χ4v) is 2.87. The standard InChI is InChI=1S/C15H15ClF3N5/c16-12-6-5-10(7-11(12)15(17,18)19)21-13-8-20-24-14(23-13)22-9-3-1-2-4-9/h5-9H,1-4H2,(H2,21,22,23,24). The highest BCUT2D eigenvalue weighted by Crippen LogP contribution is 2.36. The van der Waals surface area contributed by atoms with Gasteiger partial charge in [0.15, 0.2) is 5.82 Å². The lowest BCUT2D eigenvalue weighted by molar-refractivity contribution is -0.137. The van der Waals surface area contributed by atoms with Gasteiger partial charge in [0.1, 0.15) is 0 Å². The van der Waals surface area contributed by atoms with E-state index in [1.165, 1.54) is 18.3 Å². The van der Waals surface area contributed by atoms with Crippen LogP contribution in [0.3, 0.4) is 0 Å². The smallest absolute Gasteiger partial charge is 0.350 e. The zero-order valence-corrected chi connectivity index (χ0v) is 13.3. The molecule has 1 aromatic heterocycles. The zero-order chi connectivity index (χ0) is 17.2. The lowest BCUT2D eigenvalue weighted by Gasteiger charge is -2.13. The first-order valence-electron chi connectivity index (χ1n) is 7.52. The van der Waals surface area contributed by atoms with Gasteiger partial charge < -0.3 is 10.6 Å². The van der Waals surface area contributed by atoms with Crippen molar-refractivity contribution < 1.29 is 13.2 Å². The summed E-state index contributed by atoms with van der Waals surface area (Å²) in [6, 6.07) is 3.89. The van der Waals surface area contributed by atoms with E-state index in [1.807, 2.05) is 0 Å². The summed E-state index contributed by atoms with van der Waals surface area (Å²) >= 11 is 5.61. The molecule has 128 valence electrons. The molecule has 1 aliphatic carbocycles. The number of hydrogen-bond acceptors (Lipinski definition) is 5. The highest BCUT2D eigenvalue weighted by molar-refractivity contribution is 6.31. The lowest BCUT2D eigenvalue weighted by Crippen LogP contribution is -2.17. The molecule has 2 aromatic rings. The van der Waals surface area contributed by atoms with Crippen LogP contribution in [0.25, 0.3) is 0 Å². The van der Waals surface area contributed by atoms with Gasteiger partial charge in [0.25, 0.3) is 0 Å². The summed E-state index contributed by atoms with van der Waals surface area (Å²) in [7, 11) is 0. The van der Waals surface area contributed by atoms with Crippen LogP contribution >= 0.6 is 11.6 Å². The zero-order valence-electron chi connectivity index (χ0n) is 12.6. The van der Waals surface area contributed by atoms with Crippen molar-refractivity contribution in [2.75, 3.05) is 10.6 Å². The molecule has 0 amide bonds. The highest BCUT2D eigenvalue weighted by atomic mass is 35.5.